The molecule has 2 saturated heterocycles. The van der Waals surface area contributed by atoms with E-state index in [9.17, 15) is 33.6 Å². The van der Waals surface area contributed by atoms with E-state index in [-0.39, 0.29) is 81.9 Å². The SMILES string of the molecule is CC(C)CC(=O)N[C@@H](Cc1ccccc1)C(=O)NC1CCCNC(=O)[C@H](CCCN=C(N)N)NC(=O)[C@H](Cc2c[nH]c3ccccc23)NC(=O)[C@@H](CC2CCCCC2)NC(=O)[C@@H]2CCCN2C1=O. The van der Waals surface area contributed by atoms with Crippen molar-refractivity contribution in [2.45, 2.75) is 146 Å². The molecule has 18 nitrogen and oxygen atoms in total. The van der Waals surface area contributed by atoms with Crippen LogP contribution in [0.5, 0.6) is 0 Å². The number of rotatable bonds is 15. The Morgan fingerprint density at radius 1 is 0.794 bits per heavy atom. The van der Waals surface area contributed by atoms with Gasteiger partial charge in [0.25, 0.3) is 0 Å². The summed E-state index contributed by atoms with van der Waals surface area (Å²) in [5, 5.41) is 18.5. The van der Waals surface area contributed by atoms with Crippen molar-refractivity contribution in [3.8, 4) is 0 Å². The van der Waals surface area contributed by atoms with Crippen molar-refractivity contribution in [3.63, 3.8) is 0 Å². The summed E-state index contributed by atoms with van der Waals surface area (Å²) in [7, 11) is 0. The van der Waals surface area contributed by atoms with E-state index in [2.05, 4.69) is 41.9 Å². The molecule has 2 aliphatic heterocycles. The maximum Gasteiger partial charge on any atom is 0.245 e. The highest BCUT2D eigenvalue weighted by Gasteiger charge is 2.41. The van der Waals surface area contributed by atoms with E-state index >= 15 is 0 Å². The lowest BCUT2D eigenvalue weighted by molar-refractivity contribution is -0.143. The zero-order chi connectivity index (χ0) is 48.6. The number of aliphatic imine (C=N–C) groups is 1. The molecule has 368 valence electrons. The van der Waals surface area contributed by atoms with E-state index < -0.39 is 71.7 Å². The number of guanidine groups is 1. The van der Waals surface area contributed by atoms with Crippen molar-refractivity contribution in [1.82, 2.24) is 41.8 Å². The van der Waals surface area contributed by atoms with Crippen molar-refractivity contribution < 1.29 is 33.6 Å². The predicted molar refractivity (Wildman–Crippen MR) is 259 cm³/mol. The molecule has 1 aliphatic carbocycles. The third-order valence-electron chi connectivity index (χ3n) is 13.2. The Labute approximate surface area is 398 Å². The quantitative estimate of drug-likeness (QED) is 0.0614. The highest BCUT2D eigenvalue weighted by atomic mass is 16.2. The molecule has 3 aromatic rings. The number of nitrogens with two attached hydrogens (primary N) is 2. The minimum atomic E-state index is -1.14. The van der Waals surface area contributed by atoms with Gasteiger partial charge in [0.15, 0.2) is 5.96 Å². The summed E-state index contributed by atoms with van der Waals surface area (Å²) in [6, 6.07) is 10.6. The van der Waals surface area contributed by atoms with Crippen molar-refractivity contribution in [1.29, 1.82) is 0 Å². The van der Waals surface area contributed by atoms with Crippen molar-refractivity contribution >= 4 is 58.2 Å². The number of amides is 7. The first-order chi connectivity index (χ1) is 32.7. The average molecular weight is 938 g/mol. The predicted octanol–water partition coefficient (Wildman–Crippen LogP) is 2.35. The maximum absolute atomic E-state index is 14.7. The van der Waals surface area contributed by atoms with Gasteiger partial charge >= 0.3 is 0 Å². The first kappa shape index (κ1) is 50.9. The van der Waals surface area contributed by atoms with Crippen molar-refractivity contribution in [2.75, 3.05) is 19.6 Å². The Morgan fingerprint density at radius 2 is 1.50 bits per heavy atom. The Bertz CT molecular complexity index is 2240. The minimum absolute atomic E-state index is 0.0402. The third-order valence-corrected chi connectivity index (χ3v) is 13.2. The van der Waals surface area contributed by atoms with Gasteiger partial charge in [-0.2, -0.15) is 0 Å². The summed E-state index contributed by atoms with van der Waals surface area (Å²) in [6.45, 7) is 4.32. The van der Waals surface area contributed by atoms with Gasteiger partial charge in [-0.25, -0.2) is 0 Å². The largest absolute Gasteiger partial charge is 0.370 e. The molecule has 0 radical (unpaired) electrons. The highest BCUT2D eigenvalue weighted by Crippen LogP contribution is 2.28. The van der Waals surface area contributed by atoms with Gasteiger partial charge in [0.1, 0.15) is 36.3 Å². The second-order valence-corrected chi connectivity index (χ2v) is 19.0. The summed E-state index contributed by atoms with van der Waals surface area (Å²) in [5.74, 6) is -3.40. The van der Waals surface area contributed by atoms with Crippen LogP contribution in [-0.4, -0.2) is 113 Å². The first-order valence-electron chi connectivity index (χ1n) is 24.5. The van der Waals surface area contributed by atoms with Crippen molar-refractivity contribution in [2.24, 2.45) is 28.3 Å². The van der Waals surface area contributed by atoms with Crippen LogP contribution < -0.4 is 43.4 Å². The van der Waals surface area contributed by atoms with E-state index in [1.165, 1.54) is 4.90 Å². The number of nitrogens with one attached hydrogen (secondary N) is 7. The van der Waals surface area contributed by atoms with Crippen LogP contribution >= 0.6 is 0 Å². The Hall–Kier alpha value is -6.46. The van der Waals surface area contributed by atoms with Crippen LogP contribution in [0.4, 0.5) is 0 Å². The van der Waals surface area contributed by atoms with Crippen LogP contribution in [0.2, 0.25) is 0 Å². The number of carbonyl (C=O) groups excluding carboxylic acids is 7. The van der Waals surface area contributed by atoms with Crippen LogP contribution in [0.1, 0.15) is 108 Å². The van der Waals surface area contributed by atoms with Crippen LogP contribution in [0.3, 0.4) is 0 Å². The number of carbonyl (C=O) groups is 7. The van der Waals surface area contributed by atoms with E-state index in [0.717, 1.165) is 54.1 Å². The number of aromatic amines is 1. The third kappa shape index (κ3) is 14.8. The number of para-hydroxylation sites is 1. The Balaban J connectivity index is 1.31. The van der Waals surface area contributed by atoms with E-state index in [1.54, 1.807) is 6.20 Å². The highest BCUT2D eigenvalue weighted by molar-refractivity contribution is 5.98. The molecule has 3 heterocycles. The van der Waals surface area contributed by atoms with Gasteiger partial charge in [-0.15, -0.1) is 0 Å². The number of nitrogens with zero attached hydrogens (tertiary/aromatic N) is 2. The maximum atomic E-state index is 14.7. The number of hydrogen-bond donors (Lipinski definition) is 9. The van der Waals surface area contributed by atoms with Gasteiger partial charge in [-0.3, -0.25) is 38.6 Å². The molecule has 3 aliphatic rings. The Morgan fingerprint density at radius 3 is 2.25 bits per heavy atom. The molecule has 18 heteroatoms. The Kier molecular flexibility index (Phi) is 18.8. The zero-order valence-electron chi connectivity index (χ0n) is 39.5. The summed E-state index contributed by atoms with van der Waals surface area (Å²) < 4.78 is 0. The smallest absolute Gasteiger partial charge is 0.245 e. The molecule has 0 bridgehead atoms. The number of fused-ring (bicyclic) bond motifs is 2. The molecular weight excluding hydrogens is 867 g/mol. The van der Waals surface area contributed by atoms with Gasteiger partial charge in [-0.1, -0.05) is 94.5 Å². The van der Waals surface area contributed by atoms with E-state index in [0.29, 0.717) is 25.7 Å². The normalized spacial score (nSPS) is 23.0. The molecule has 11 N–H and O–H groups in total. The summed E-state index contributed by atoms with van der Waals surface area (Å²) in [4.78, 5) is 109. The summed E-state index contributed by atoms with van der Waals surface area (Å²) in [5.41, 5.74) is 13.6. The van der Waals surface area contributed by atoms with Crippen molar-refractivity contribution in [3.05, 3.63) is 71.9 Å². The monoisotopic (exact) mass is 938 g/mol. The van der Waals surface area contributed by atoms with E-state index in [1.807, 2.05) is 68.4 Å². The second-order valence-electron chi connectivity index (χ2n) is 19.0. The molecule has 3 fully saturated rings. The molecule has 7 amide bonds. The summed E-state index contributed by atoms with van der Waals surface area (Å²) >= 11 is 0. The van der Waals surface area contributed by atoms with Crippen LogP contribution in [0, 0.1) is 11.8 Å². The van der Waals surface area contributed by atoms with Gasteiger partial charge in [0.05, 0.1) is 0 Å². The van der Waals surface area contributed by atoms with E-state index in [4.69, 9.17) is 11.5 Å². The first-order valence-corrected chi connectivity index (χ1v) is 24.5. The minimum Gasteiger partial charge on any atom is -0.370 e. The molecule has 0 spiro atoms. The van der Waals surface area contributed by atoms with Gasteiger partial charge < -0.3 is 53.3 Å². The molecule has 2 aromatic carbocycles. The van der Waals surface area contributed by atoms with Gasteiger partial charge in [0, 0.05) is 56.0 Å². The number of aromatic nitrogens is 1. The fourth-order valence-corrected chi connectivity index (χ4v) is 9.66. The molecule has 1 unspecified atom stereocenters. The molecular formula is C50H71N11O7. The average Bonchev–Trinajstić information content (AvgIpc) is 3.98. The standard InChI is InChI=1S/C50H71N11O7/c1-31(2)26-43(62)56-39(27-32-14-5-3-6-15-32)45(64)58-38-21-12-23-53-44(63)37(20-11-24-54-50(51)52)57-47(66)41(29-34-30-55-36-19-10-9-18-35(34)36)59-46(65)40(28-33-16-7-4-8-17-33)60-48(67)42-22-13-25-61(42)49(38)68/h3,5-6,9-10,14-15,18-19,30-31,33,37-42,55H,4,7-8,11-13,16-17,20-29H2,1-2H3,(H,53,63)(H,56,62)(H,57,66)(H,58,64)(H,59,65)(H,60,67)(H4,51,52,54)/t37-,38?,39-,40+,41-,42-/m0/s1. The van der Waals surface area contributed by atoms with Crippen LogP contribution in [0.15, 0.2) is 65.8 Å². The molecule has 1 saturated carbocycles. The molecule has 6 rings (SSSR count). The topological polar surface area (TPSA) is 275 Å². The number of H-pyrrole nitrogens is 1. The molecule has 6 atom stereocenters. The van der Waals surface area contributed by atoms with Crippen LogP contribution in [0.25, 0.3) is 10.9 Å². The zero-order valence-corrected chi connectivity index (χ0v) is 39.5. The summed E-state index contributed by atoms with van der Waals surface area (Å²) in [6.07, 6.45) is 9.08. The lowest BCUT2D eigenvalue weighted by Gasteiger charge is -2.32. The number of benzene rings is 2. The van der Waals surface area contributed by atoms with Crippen LogP contribution in [-0.2, 0) is 46.4 Å². The second kappa shape index (κ2) is 25.1. The molecule has 1 aromatic heterocycles. The fraction of sp³-hybridized carbons (Fsp3) is 0.560. The lowest BCUT2D eigenvalue weighted by Crippen LogP contribution is -2.60. The lowest BCUT2D eigenvalue weighted by atomic mass is 9.84. The number of hydrogen-bond acceptors (Lipinski definition) is 8. The fourth-order valence-electron chi connectivity index (χ4n) is 9.66. The van der Waals surface area contributed by atoms with Gasteiger partial charge in [0.2, 0.25) is 41.4 Å². The van der Waals surface area contributed by atoms with Gasteiger partial charge in [-0.05, 0) is 74.0 Å². The molecule has 68 heavy (non-hydrogen) atoms.